The molecule has 1 aromatic carbocycles. The number of nitrogens with one attached hydrogen (secondary N) is 2. The maximum atomic E-state index is 11.6. The molecule has 0 heterocycles. The van der Waals surface area contributed by atoms with Gasteiger partial charge in [0.2, 0.25) is 0 Å². The smallest absolute Gasteiger partial charge is 0.321 e. The van der Waals surface area contributed by atoms with Gasteiger partial charge in [0.15, 0.2) is 6.61 Å². The molecule has 108 valence electrons. The minimum atomic E-state index is -0.475. The van der Waals surface area contributed by atoms with Crippen molar-refractivity contribution in [3.05, 3.63) is 24.3 Å². The van der Waals surface area contributed by atoms with E-state index in [1.54, 1.807) is 24.3 Å². The molecule has 2 rings (SSSR count). The molecule has 6 heteroatoms. The molecule has 0 spiro atoms. The third-order valence-corrected chi connectivity index (χ3v) is 3.19. The highest BCUT2D eigenvalue weighted by atomic mass is 16.5. The van der Waals surface area contributed by atoms with Crippen molar-refractivity contribution in [3.8, 4) is 5.75 Å². The summed E-state index contributed by atoms with van der Waals surface area (Å²) in [6.07, 6.45) is 4.20. The van der Waals surface area contributed by atoms with Crippen molar-refractivity contribution in [2.75, 3.05) is 12.3 Å². The van der Waals surface area contributed by atoms with E-state index in [-0.39, 0.29) is 12.6 Å². The van der Waals surface area contributed by atoms with Crippen LogP contribution in [0.25, 0.3) is 0 Å². The molecule has 1 aliphatic carbocycles. The number of amides is 3. The zero-order valence-electron chi connectivity index (χ0n) is 11.2. The minimum absolute atomic E-state index is 0.181. The van der Waals surface area contributed by atoms with Crippen LogP contribution in [-0.4, -0.2) is 24.6 Å². The van der Waals surface area contributed by atoms with Crippen LogP contribution in [0.1, 0.15) is 25.7 Å². The van der Waals surface area contributed by atoms with Crippen LogP contribution in [0.5, 0.6) is 5.75 Å². The number of imide groups is 1. The number of ether oxygens (including phenoxy) is 1. The first-order chi connectivity index (χ1) is 9.63. The fourth-order valence-electron chi connectivity index (χ4n) is 2.17. The average Bonchev–Trinajstić information content (AvgIpc) is 2.90. The lowest BCUT2D eigenvalue weighted by Crippen LogP contribution is -2.45. The summed E-state index contributed by atoms with van der Waals surface area (Å²) in [6, 6.07) is 6.42. The summed E-state index contributed by atoms with van der Waals surface area (Å²) in [5.41, 5.74) is 6.16. The van der Waals surface area contributed by atoms with Crippen LogP contribution < -0.4 is 21.1 Å². The van der Waals surface area contributed by atoms with E-state index in [1.165, 1.54) is 0 Å². The second kappa shape index (κ2) is 6.79. The molecular weight excluding hydrogens is 258 g/mol. The summed E-state index contributed by atoms with van der Waals surface area (Å²) in [5, 5.41) is 5.02. The number of benzene rings is 1. The SMILES string of the molecule is Nc1ccc(OCC(=O)NC(=O)NC2CCCC2)cc1. The third-order valence-electron chi connectivity index (χ3n) is 3.19. The summed E-state index contributed by atoms with van der Waals surface area (Å²) in [4.78, 5) is 23.1. The Hall–Kier alpha value is -2.24. The van der Waals surface area contributed by atoms with E-state index in [0.717, 1.165) is 25.7 Å². The maximum absolute atomic E-state index is 11.6. The summed E-state index contributed by atoms with van der Waals surface area (Å²) in [7, 11) is 0. The standard InChI is InChI=1S/C14H19N3O3/c15-10-5-7-12(8-6-10)20-9-13(18)17-14(19)16-11-3-1-2-4-11/h5-8,11H,1-4,9,15H2,(H2,16,17,18,19). The van der Waals surface area contributed by atoms with Crippen molar-refractivity contribution in [2.24, 2.45) is 0 Å². The number of hydrogen-bond acceptors (Lipinski definition) is 4. The summed E-state index contributed by atoms with van der Waals surface area (Å²) in [6.45, 7) is -0.206. The molecule has 1 aliphatic rings. The van der Waals surface area contributed by atoms with Crippen LogP contribution in [0.2, 0.25) is 0 Å². The van der Waals surface area contributed by atoms with Crippen molar-refractivity contribution < 1.29 is 14.3 Å². The van der Waals surface area contributed by atoms with E-state index in [4.69, 9.17) is 10.5 Å². The van der Waals surface area contributed by atoms with Crippen LogP contribution in [0.15, 0.2) is 24.3 Å². The lowest BCUT2D eigenvalue weighted by molar-refractivity contribution is -0.122. The number of rotatable bonds is 4. The van der Waals surface area contributed by atoms with Gasteiger partial charge in [-0.05, 0) is 37.1 Å². The molecule has 0 saturated heterocycles. The van der Waals surface area contributed by atoms with Crippen molar-refractivity contribution in [1.29, 1.82) is 0 Å². The Morgan fingerprint density at radius 3 is 2.50 bits per heavy atom. The summed E-state index contributed by atoms with van der Waals surface area (Å²) >= 11 is 0. The number of nitrogens with two attached hydrogens (primary N) is 1. The highest BCUT2D eigenvalue weighted by Crippen LogP contribution is 2.17. The zero-order valence-corrected chi connectivity index (χ0v) is 11.2. The fraction of sp³-hybridized carbons (Fsp3) is 0.429. The monoisotopic (exact) mass is 277 g/mol. The zero-order chi connectivity index (χ0) is 14.4. The molecule has 1 saturated carbocycles. The van der Waals surface area contributed by atoms with Crippen molar-refractivity contribution in [2.45, 2.75) is 31.7 Å². The van der Waals surface area contributed by atoms with Gasteiger partial charge in [0.1, 0.15) is 5.75 Å². The Labute approximate surface area is 117 Å². The van der Waals surface area contributed by atoms with Gasteiger partial charge in [-0.3, -0.25) is 10.1 Å². The van der Waals surface area contributed by atoms with Gasteiger partial charge in [-0.2, -0.15) is 0 Å². The Morgan fingerprint density at radius 1 is 1.20 bits per heavy atom. The number of urea groups is 1. The summed E-state index contributed by atoms with van der Waals surface area (Å²) < 4.78 is 5.25. The van der Waals surface area contributed by atoms with E-state index >= 15 is 0 Å². The topological polar surface area (TPSA) is 93.4 Å². The molecule has 0 atom stereocenters. The fourth-order valence-corrected chi connectivity index (χ4v) is 2.17. The normalized spacial score (nSPS) is 14.8. The molecular formula is C14H19N3O3. The van der Waals surface area contributed by atoms with Crippen molar-refractivity contribution in [1.82, 2.24) is 10.6 Å². The van der Waals surface area contributed by atoms with Crippen LogP contribution in [0.3, 0.4) is 0 Å². The van der Waals surface area contributed by atoms with Gasteiger partial charge in [-0.1, -0.05) is 12.8 Å². The second-order valence-corrected chi connectivity index (χ2v) is 4.86. The quantitative estimate of drug-likeness (QED) is 0.725. The van der Waals surface area contributed by atoms with Gasteiger partial charge in [-0.15, -0.1) is 0 Å². The van der Waals surface area contributed by atoms with Gasteiger partial charge in [0.25, 0.3) is 5.91 Å². The molecule has 3 amide bonds. The number of carbonyl (C=O) groups excluding carboxylic acids is 2. The van der Waals surface area contributed by atoms with Crippen molar-refractivity contribution in [3.63, 3.8) is 0 Å². The maximum Gasteiger partial charge on any atom is 0.321 e. The minimum Gasteiger partial charge on any atom is -0.484 e. The van der Waals surface area contributed by atoms with Gasteiger partial charge in [0, 0.05) is 11.7 Å². The largest absolute Gasteiger partial charge is 0.484 e. The van der Waals surface area contributed by atoms with Gasteiger partial charge in [0.05, 0.1) is 0 Å². The van der Waals surface area contributed by atoms with E-state index in [0.29, 0.717) is 11.4 Å². The van der Waals surface area contributed by atoms with Gasteiger partial charge < -0.3 is 15.8 Å². The first-order valence-corrected chi connectivity index (χ1v) is 6.72. The third kappa shape index (κ3) is 4.46. The van der Waals surface area contributed by atoms with Gasteiger partial charge in [-0.25, -0.2) is 4.79 Å². The molecule has 0 unspecified atom stereocenters. The Balaban J connectivity index is 1.69. The van der Waals surface area contributed by atoms with Crippen LogP contribution in [0, 0.1) is 0 Å². The molecule has 6 nitrogen and oxygen atoms in total. The van der Waals surface area contributed by atoms with Crippen molar-refractivity contribution >= 4 is 17.6 Å². The van der Waals surface area contributed by atoms with E-state index < -0.39 is 11.9 Å². The van der Waals surface area contributed by atoms with E-state index in [9.17, 15) is 9.59 Å². The first-order valence-electron chi connectivity index (χ1n) is 6.72. The van der Waals surface area contributed by atoms with Crippen LogP contribution >= 0.6 is 0 Å². The van der Waals surface area contributed by atoms with Crippen LogP contribution in [0.4, 0.5) is 10.5 Å². The molecule has 4 N–H and O–H groups in total. The van der Waals surface area contributed by atoms with E-state index in [2.05, 4.69) is 10.6 Å². The molecule has 0 aliphatic heterocycles. The molecule has 0 bridgehead atoms. The lowest BCUT2D eigenvalue weighted by atomic mass is 10.2. The number of anilines is 1. The Kier molecular flexibility index (Phi) is 4.81. The molecule has 0 aromatic heterocycles. The first kappa shape index (κ1) is 14.2. The van der Waals surface area contributed by atoms with Crippen LogP contribution in [-0.2, 0) is 4.79 Å². The Morgan fingerprint density at radius 2 is 1.85 bits per heavy atom. The Bertz CT molecular complexity index is 467. The predicted molar refractivity (Wildman–Crippen MR) is 75.3 cm³/mol. The highest BCUT2D eigenvalue weighted by molar-refractivity contribution is 5.95. The molecule has 1 aromatic rings. The van der Waals surface area contributed by atoms with E-state index in [1.807, 2.05) is 0 Å². The van der Waals surface area contributed by atoms with Gasteiger partial charge >= 0.3 is 6.03 Å². The molecule has 0 radical (unpaired) electrons. The number of nitrogen functional groups attached to an aromatic ring is 1. The second-order valence-electron chi connectivity index (χ2n) is 4.86. The number of hydrogen-bond donors (Lipinski definition) is 3. The average molecular weight is 277 g/mol. The predicted octanol–water partition coefficient (Wildman–Crippen LogP) is 1.42. The molecule has 1 fully saturated rings. The summed E-state index contributed by atoms with van der Waals surface area (Å²) in [5.74, 6) is 0.0582. The number of carbonyl (C=O) groups is 2. The highest BCUT2D eigenvalue weighted by Gasteiger charge is 2.18. The lowest BCUT2D eigenvalue weighted by Gasteiger charge is -2.12. The molecule has 20 heavy (non-hydrogen) atoms.